The number of hydrogen-bond donors (Lipinski definition) is 1. The van der Waals surface area contributed by atoms with Gasteiger partial charge in [0.25, 0.3) is 5.89 Å². The number of hydrogen-bond acceptors (Lipinski definition) is 7. The highest BCUT2D eigenvalue weighted by molar-refractivity contribution is 7.09. The third kappa shape index (κ3) is 2.34. The molecule has 0 aliphatic rings. The third-order valence-corrected chi connectivity index (χ3v) is 3.18. The molecule has 1 unspecified atom stereocenters. The first-order valence-electron chi connectivity index (χ1n) is 5.55. The summed E-state index contributed by atoms with van der Waals surface area (Å²) in [4.78, 5) is 0.835. The van der Waals surface area contributed by atoms with Gasteiger partial charge in [0.05, 0.1) is 11.7 Å². The van der Waals surface area contributed by atoms with Crippen LogP contribution in [0.1, 0.15) is 50.7 Å². The summed E-state index contributed by atoms with van der Waals surface area (Å²) in [5.74, 6) is 1.20. The highest BCUT2D eigenvalue weighted by Gasteiger charge is 2.20. The van der Waals surface area contributed by atoms with Gasteiger partial charge in [-0.2, -0.15) is 0 Å². The van der Waals surface area contributed by atoms with Crippen LogP contribution in [0.3, 0.4) is 0 Å². The summed E-state index contributed by atoms with van der Waals surface area (Å²) in [5, 5.41) is 12.0. The van der Waals surface area contributed by atoms with Crippen LogP contribution in [0.2, 0.25) is 0 Å². The second-order valence-electron chi connectivity index (χ2n) is 4.10. The van der Waals surface area contributed by atoms with Crippen molar-refractivity contribution >= 4 is 11.5 Å². The van der Waals surface area contributed by atoms with E-state index in [-0.39, 0.29) is 12.0 Å². The Morgan fingerprint density at radius 1 is 1.29 bits per heavy atom. The molecule has 0 aliphatic heterocycles. The van der Waals surface area contributed by atoms with Gasteiger partial charge in [-0.1, -0.05) is 25.3 Å². The van der Waals surface area contributed by atoms with Crippen molar-refractivity contribution in [1.82, 2.24) is 19.8 Å². The van der Waals surface area contributed by atoms with Crippen LogP contribution >= 0.6 is 11.5 Å². The molecule has 0 fully saturated rings. The summed E-state index contributed by atoms with van der Waals surface area (Å²) >= 11 is 1.27. The Hall–Kier alpha value is -1.34. The molecule has 92 valence electrons. The standard InChI is InChI=1S/C10H15N5OS/c1-4-6(11)9-13-14-10(16-9)8-7(5(2)3)12-15-17-8/h5-6H,4,11H2,1-3H3. The van der Waals surface area contributed by atoms with E-state index in [4.69, 9.17) is 10.2 Å². The predicted octanol–water partition coefficient (Wildman–Crippen LogP) is 2.12. The topological polar surface area (TPSA) is 90.7 Å². The van der Waals surface area contributed by atoms with Crippen LogP contribution in [0.15, 0.2) is 4.42 Å². The SMILES string of the molecule is CCC(N)c1nnc(-c2snnc2C(C)C)o1. The number of nitrogens with two attached hydrogens (primary N) is 1. The van der Waals surface area contributed by atoms with Gasteiger partial charge in [-0.15, -0.1) is 15.3 Å². The van der Waals surface area contributed by atoms with Crippen LogP contribution < -0.4 is 5.73 Å². The zero-order valence-corrected chi connectivity index (χ0v) is 10.9. The van der Waals surface area contributed by atoms with E-state index in [0.717, 1.165) is 17.0 Å². The van der Waals surface area contributed by atoms with Gasteiger partial charge < -0.3 is 10.2 Å². The summed E-state index contributed by atoms with van der Waals surface area (Å²) in [6.45, 7) is 6.08. The van der Waals surface area contributed by atoms with Crippen LogP contribution in [0.5, 0.6) is 0 Å². The fourth-order valence-electron chi connectivity index (χ4n) is 1.37. The fraction of sp³-hybridized carbons (Fsp3) is 0.600. The average Bonchev–Trinajstić information content (AvgIpc) is 2.95. The van der Waals surface area contributed by atoms with E-state index < -0.39 is 0 Å². The first-order chi connectivity index (χ1) is 8.13. The second kappa shape index (κ2) is 4.89. The number of rotatable bonds is 4. The van der Waals surface area contributed by atoms with Gasteiger partial charge >= 0.3 is 0 Å². The Labute approximate surface area is 103 Å². The monoisotopic (exact) mass is 253 g/mol. The van der Waals surface area contributed by atoms with Gasteiger partial charge in [-0.05, 0) is 23.9 Å². The molecule has 1 atom stereocenters. The Morgan fingerprint density at radius 3 is 2.71 bits per heavy atom. The van der Waals surface area contributed by atoms with Gasteiger partial charge in [0.15, 0.2) is 0 Å². The molecule has 0 amide bonds. The van der Waals surface area contributed by atoms with Crippen molar-refractivity contribution in [2.45, 2.75) is 39.2 Å². The minimum atomic E-state index is -0.209. The Kier molecular flexibility index (Phi) is 3.49. The van der Waals surface area contributed by atoms with E-state index in [1.165, 1.54) is 11.5 Å². The van der Waals surface area contributed by atoms with E-state index in [1.54, 1.807) is 0 Å². The highest BCUT2D eigenvalue weighted by Crippen LogP contribution is 2.30. The summed E-state index contributed by atoms with van der Waals surface area (Å²) in [6.07, 6.45) is 0.764. The number of nitrogens with zero attached hydrogens (tertiary/aromatic N) is 4. The molecule has 0 saturated carbocycles. The van der Waals surface area contributed by atoms with Crippen LogP contribution in [0.4, 0.5) is 0 Å². The summed E-state index contributed by atoms with van der Waals surface area (Å²) in [7, 11) is 0. The van der Waals surface area contributed by atoms with Crippen LogP contribution in [-0.2, 0) is 0 Å². The molecule has 2 aromatic heterocycles. The molecular formula is C10H15N5OS. The van der Waals surface area contributed by atoms with Crippen LogP contribution in [-0.4, -0.2) is 19.8 Å². The van der Waals surface area contributed by atoms with Crippen LogP contribution in [0.25, 0.3) is 10.8 Å². The van der Waals surface area contributed by atoms with Crippen molar-refractivity contribution in [1.29, 1.82) is 0 Å². The number of aromatic nitrogens is 4. The lowest BCUT2D eigenvalue weighted by atomic mass is 10.1. The Balaban J connectivity index is 2.34. The van der Waals surface area contributed by atoms with Gasteiger partial charge in [-0.3, -0.25) is 0 Å². The van der Waals surface area contributed by atoms with Crippen molar-refractivity contribution in [3.05, 3.63) is 11.6 Å². The minimum Gasteiger partial charge on any atom is -0.418 e. The maximum absolute atomic E-state index is 5.83. The maximum atomic E-state index is 5.83. The molecule has 6 nitrogen and oxygen atoms in total. The average molecular weight is 253 g/mol. The second-order valence-corrected chi connectivity index (χ2v) is 4.86. The molecule has 0 aromatic carbocycles. The van der Waals surface area contributed by atoms with Crippen molar-refractivity contribution < 1.29 is 4.42 Å². The quantitative estimate of drug-likeness (QED) is 0.897. The normalized spacial score (nSPS) is 13.2. The highest BCUT2D eigenvalue weighted by atomic mass is 32.1. The molecule has 2 rings (SSSR count). The Morgan fingerprint density at radius 2 is 2.06 bits per heavy atom. The smallest absolute Gasteiger partial charge is 0.261 e. The zero-order chi connectivity index (χ0) is 12.4. The molecule has 0 spiro atoms. The van der Waals surface area contributed by atoms with E-state index in [9.17, 15) is 0 Å². The molecule has 0 aliphatic carbocycles. The van der Waals surface area contributed by atoms with E-state index in [1.807, 2.05) is 6.92 Å². The largest absolute Gasteiger partial charge is 0.418 e. The third-order valence-electron chi connectivity index (χ3n) is 2.45. The van der Waals surface area contributed by atoms with E-state index in [2.05, 4.69) is 33.6 Å². The van der Waals surface area contributed by atoms with Crippen molar-refractivity contribution in [2.75, 3.05) is 0 Å². The summed E-state index contributed by atoms with van der Waals surface area (Å²) in [6, 6.07) is -0.209. The lowest BCUT2D eigenvalue weighted by Crippen LogP contribution is -2.08. The van der Waals surface area contributed by atoms with Crippen molar-refractivity contribution in [3.63, 3.8) is 0 Å². The molecular weight excluding hydrogens is 238 g/mol. The fourth-order valence-corrected chi connectivity index (χ4v) is 2.12. The molecule has 0 radical (unpaired) electrons. The molecule has 2 heterocycles. The van der Waals surface area contributed by atoms with Gasteiger partial charge in [0, 0.05) is 0 Å². The van der Waals surface area contributed by atoms with Crippen molar-refractivity contribution in [3.8, 4) is 10.8 Å². The first-order valence-corrected chi connectivity index (χ1v) is 6.32. The lowest BCUT2D eigenvalue weighted by Gasteiger charge is -2.01. The first kappa shape index (κ1) is 12.1. The molecule has 0 bridgehead atoms. The van der Waals surface area contributed by atoms with Crippen molar-refractivity contribution in [2.24, 2.45) is 5.73 Å². The lowest BCUT2D eigenvalue weighted by molar-refractivity contribution is 0.453. The van der Waals surface area contributed by atoms with Crippen LogP contribution in [0, 0.1) is 0 Å². The minimum absolute atomic E-state index is 0.209. The molecule has 2 N–H and O–H groups in total. The van der Waals surface area contributed by atoms with Gasteiger partial charge in [-0.25, -0.2) is 0 Å². The summed E-state index contributed by atoms with van der Waals surface area (Å²) < 4.78 is 9.48. The zero-order valence-electron chi connectivity index (χ0n) is 10.0. The van der Waals surface area contributed by atoms with Gasteiger partial charge in [0.1, 0.15) is 4.88 Å². The molecule has 17 heavy (non-hydrogen) atoms. The van der Waals surface area contributed by atoms with E-state index >= 15 is 0 Å². The predicted molar refractivity (Wildman–Crippen MR) is 64.5 cm³/mol. The molecule has 2 aromatic rings. The molecule has 7 heteroatoms. The Bertz CT molecular complexity index is 492. The molecule has 0 saturated heterocycles. The van der Waals surface area contributed by atoms with E-state index in [0.29, 0.717) is 11.8 Å². The van der Waals surface area contributed by atoms with Gasteiger partial charge in [0.2, 0.25) is 5.89 Å². The summed E-state index contributed by atoms with van der Waals surface area (Å²) in [5.41, 5.74) is 6.72. The maximum Gasteiger partial charge on any atom is 0.261 e.